The zero-order chi connectivity index (χ0) is 25.5. The maximum Gasteiger partial charge on any atom is 0.330 e. The van der Waals surface area contributed by atoms with Crippen molar-refractivity contribution < 1.29 is 27.9 Å². The van der Waals surface area contributed by atoms with Gasteiger partial charge in [-0.25, -0.2) is 13.6 Å². The van der Waals surface area contributed by atoms with Gasteiger partial charge in [-0.15, -0.1) is 0 Å². The molecule has 0 saturated carbocycles. The van der Waals surface area contributed by atoms with Crippen LogP contribution in [0.5, 0.6) is 0 Å². The van der Waals surface area contributed by atoms with E-state index in [4.69, 9.17) is 4.74 Å². The Labute approximate surface area is 198 Å². The number of carbonyl (C=O) groups is 3. The van der Waals surface area contributed by atoms with Gasteiger partial charge in [0.1, 0.15) is 12.6 Å². The molecule has 1 unspecified atom stereocenters. The lowest BCUT2D eigenvalue weighted by atomic mass is 10.0. The lowest BCUT2D eigenvalue weighted by Gasteiger charge is -2.31. The predicted molar refractivity (Wildman–Crippen MR) is 125 cm³/mol. The zero-order valence-electron chi connectivity index (χ0n) is 20.0. The number of benzene rings is 2. The van der Waals surface area contributed by atoms with E-state index in [1.165, 1.54) is 6.07 Å². The molecule has 1 amide bonds. The quantitative estimate of drug-likeness (QED) is 0.337. The summed E-state index contributed by atoms with van der Waals surface area (Å²) in [7, 11) is 1.61. The summed E-state index contributed by atoms with van der Waals surface area (Å²) in [6.45, 7) is 7.37. The van der Waals surface area contributed by atoms with E-state index in [-0.39, 0.29) is 24.5 Å². The van der Waals surface area contributed by atoms with Gasteiger partial charge >= 0.3 is 5.97 Å². The molecular weight excluding hydrogens is 442 g/mol. The standard InChI is InChI=1S/C26H30F2N2O4/c1-17-6-8-18(9-7-17)22(31)12-13-23(32)34-15-14-30(5)24(25(33)29-26(2,3)4)19-10-11-20(27)21(28)16-19/h6-13,16,24H,14-15H2,1-5H3,(H,29,33)/b13-12+. The third kappa shape index (κ3) is 8.19. The molecule has 34 heavy (non-hydrogen) atoms. The normalized spacial score (nSPS) is 12.6. The van der Waals surface area contributed by atoms with E-state index in [0.29, 0.717) is 5.56 Å². The van der Waals surface area contributed by atoms with Crippen molar-refractivity contribution in [2.45, 2.75) is 39.3 Å². The molecule has 0 aromatic heterocycles. The molecule has 1 atom stereocenters. The van der Waals surface area contributed by atoms with E-state index in [9.17, 15) is 23.2 Å². The Kier molecular flexibility index (Phi) is 9.20. The lowest BCUT2D eigenvalue weighted by Crippen LogP contribution is -2.47. The van der Waals surface area contributed by atoms with Gasteiger partial charge in [-0.3, -0.25) is 14.5 Å². The van der Waals surface area contributed by atoms with Crippen LogP contribution in [0.15, 0.2) is 54.6 Å². The molecule has 0 bridgehead atoms. The number of hydrogen-bond acceptors (Lipinski definition) is 5. The molecule has 8 heteroatoms. The number of amides is 1. The van der Waals surface area contributed by atoms with Gasteiger partial charge in [0.05, 0.1) is 0 Å². The third-order valence-electron chi connectivity index (χ3n) is 4.84. The van der Waals surface area contributed by atoms with Crippen molar-refractivity contribution in [3.63, 3.8) is 0 Å². The molecule has 2 aromatic rings. The Morgan fingerprint density at radius 3 is 2.26 bits per heavy atom. The highest BCUT2D eigenvalue weighted by molar-refractivity contribution is 6.07. The highest BCUT2D eigenvalue weighted by Crippen LogP contribution is 2.23. The molecule has 0 aliphatic carbocycles. The fraction of sp³-hybridized carbons (Fsp3) is 0.346. The SMILES string of the molecule is Cc1ccc(C(=O)/C=C/C(=O)OCCN(C)C(C(=O)NC(C)(C)C)c2ccc(F)c(F)c2)cc1. The van der Waals surface area contributed by atoms with E-state index >= 15 is 0 Å². The monoisotopic (exact) mass is 472 g/mol. The summed E-state index contributed by atoms with van der Waals surface area (Å²) in [5, 5.41) is 2.83. The van der Waals surface area contributed by atoms with Crippen LogP contribution in [0.4, 0.5) is 8.78 Å². The van der Waals surface area contributed by atoms with E-state index < -0.39 is 35.1 Å². The van der Waals surface area contributed by atoms with Crippen molar-refractivity contribution >= 4 is 17.7 Å². The molecule has 0 fully saturated rings. The van der Waals surface area contributed by atoms with Crippen molar-refractivity contribution in [1.82, 2.24) is 10.2 Å². The van der Waals surface area contributed by atoms with Gasteiger partial charge in [0.25, 0.3) is 0 Å². The first-order valence-electron chi connectivity index (χ1n) is 10.8. The first-order chi connectivity index (χ1) is 15.9. The second kappa shape index (κ2) is 11.7. The van der Waals surface area contributed by atoms with Crippen LogP contribution in [-0.4, -0.2) is 48.3 Å². The Bertz CT molecular complexity index is 1060. The van der Waals surface area contributed by atoms with Crippen LogP contribution >= 0.6 is 0 Å². The van der Waals surface area contributed by atoms with Crippen LogP contribution < -0.4 is 5.32 Å². The van der Waals surface area contributed by atoms with Gasteiger partial charge in [0, 0.05) is 23.7 Å². The average molecular weight is 473 g/mol. The number of allylic oxidation sites excluding steroid dienone is 1. The largest absolute Gasteiger partial charge is 0.461 e. The number of hydrogen-bond donors (Lipinski definition) is 1. The van der Waals surface area contributed by atoms with Crippen molar-refractivity contribution in [3.8, 4) is 0 Å². The second-order valence-corrected chi connectivity index (χ2v) is 9.03. The Morgan fingerprint density at radius 2 is 1.68 bits per heavy atom. The summed E-state index contributed by atoms with van der Waals surface area (Å²) < 4.78 is 32.4. The summed E-state index contributed by atoms with van der Waals surface area (Å²) in [6.07, 6.45) is 2.18. The summed E-state index contributed by atoms with van der Waals surface area (Å²) in [5.41, 5.74) is 1.18. The third-order valence-corrected chi connectivity index (χ3v) is 4.84. The van der Waals surface area contributed by atoms with Crippen molar-refractivity contribution in [2.75, 3.05) is 20.2 Å². The Balaban J connectivity index is 2.01. The maximum atomic E-state index is 13.8. The zero-order valence-corrected chi connectivity index (χ0v) is 20.0. The number of likely N-dealkylation sites (N-methyl/N-ethyl adjacent to an activating group) is 1. The molecule has 0 spiro atoms. The van der Waals surface area contributed by atoms with Crippen molar-refractivity contribution in [1.29, 1.82) is 0 Å². The summed E-state index contributed by atoms with van der Waals surface area (Å²) in [4.78, 5) is 38.6. The van der Waals surface area contributed by atoms with Crippen LogP contribution in [0.25, 0.3) is 0 Å². The van der Waals surface area contributed by atoms with Crippen LogP contribution in [0.1, 0.15) is 48.3 Å². The number of nitrogens with zero attached hydrogens (tertiary/aromatic N) is 1. The molecule has 6 nitrogen and oxygen atoms in total. The number of ketones is 1. The van der Waals surface area contributed by atoms with Gasteiger partial charge < -0.3 is 10.1 Å². The van der Waals surface area contributed by atoms with Crippen LogP contribution in [0.2, 0.25) is 0 Å². The van der Waals surface area contributed by atoms with Crippen LogP contribution in [0.3, 0.4) is 0 Å². The minimum Gasteiger partial charge on any atom is -0.461 e. The Morgan fingerprint density at radius 1 is 1.03 bits per heavy atom. The molecule has 2 aromatic carbocycles. The number of halogens is 2. The fourth-order valence-corrected chi connectivity index (χ4v) is 3.15. The molecule has 0 saturated heterocycles. The molecular formula is C26H30F2N2O4. The van der Waals surface area contributed by atoms with Gasteiger partial charge in [-0.1, -0.05) is 35.9 Å². The summed E-state index contributed by atoms with van der Waals surface area (Å²) in [5.74, 6) is -3.52. The smallest absolute Gasteiger partial charge is 0.330 e. The summed E-state index contributed by atoms with van der Waals surface area (Å²) in [6, 6.07) is 9.28. The van der Waals surface area contributed by atoms with Gasteiger partial charge in [-0.05, 0) is 58.5 Å². The van der Waals surface area contributed by atoms with E-state index in [2.05, 4.69) is 5.32 Å². The molecule has 1 N–H and O–H groups in total. The number of aryl methyl sites for hydroxylation is 1. The first kappa shape index (κ1) is 26.9. The number of ether oxygens (including phenoxy) is 1. The van der Waals surface area contributed by atoms with Gasteiger partial charge in [0.15, 0.2) is 17.4 Å². The molecule has 0 aliphatic heterocycles. The highest BCUT2D eigenvalue weighted by atomic mass is 19.2. The number of rotatable bonds is 9. The van der Waals surface area contributed by atoms with Crippen molar-refractivity contribution in [3.05, 3.63) is 82.9 Å². The Hall–Kier alpha value is -3.39. The van der Waals surface area contributed by atoms with Crippen LogP contribution in [0, 0.1) is 18.6 Å². The predicted octanol–water partition coefficient (Wildman–Crippen LogP) is 4.14. The average Bonchev–Trinajstić information content (AvgIpc) is 2.74. The molecule has 0 aliphatic rings. The summed E-state index contributed by atoms with van der Waals surface area (Å²) >= 11 is 0. The van der Waals surface area contributed by atoms with Crippen LogP contribution in [-0.2, 0) is 14.3 Å². The number of esters is 1. The first-order valence-corrected chi connectivity index (χ1v) is 10.8. The van der Waals surface area contributed by atoms with Crippen molar-refractivity contribution in [2.24, 2.45) is 0 Å². The fourth-order valence-electron chi connectivity index (χ4n) is 3.15. The minimum atomic E-state index is -1.06. The second-order valence-electron chi connectivity index (χ2n) is 9.03. The molecule has 0 heterocycles. The highest BCUT2D eigenvalue weighted by Gasteiger charge is 2.29. The number of carbonyl (C=O) groups excluding carboxylic acids is 3. The molecule has 0 radical (unpaired) electrons. The van der Waals surface area contributed by atoms with Gasteiger partial charge in [0.2, 0.25) is 5.91 Å². The van der Waals surface area contributed by atoms with E-state index in [1.54, 1.807) is 57.0 Å². The molecule has 182 valence electrons. The molecule has 2 rings (SSSR count). The van der Waals surface area contributed by atoms with E-state index in [1.807, 2.05) is 6.92 Å². The maximum absolute atomic E-state index is 13.8. The topological polar surface area (TPSA) is 75.7 Å². The van der Waals surface area contributed by atoms with E-state index in [0.717, 1.165) is 29.8 Å². The number of nitrogens with one attached hydrogen (secondary N) is 1. The van der Waals surface area contributed by atoms with Gasteiger partial charge in [-0.2, -0.15) is 0 Å². The lowest BCUT2D eigenvalue weighted by molar-refractivity contribution is -0.138. The minimum absolute atomic E-state index is 0.0820.